The Labute approximate surface area is 126 Å². The summed E-state index contributed by atoms with van der Waals surface area (Å²) < 4.78 is 0. The lowest BCUT2D eigenvalue weighted by Crippen LogP contribution is -2.39. The van der Waals surface area contributed by atoms with E-state index in [1.165, 1.54) is 0 Å². The summed E-state index contributed by atoms with van der Waals surface area (Å²) in [5.41, 5.74) is 1.62. The Morgan fingerprint density at radius 2 is 2.45 bits per heavy atom. The maximum Gasteiger partial charge on any atom is 0.270 e. The molecule has 1 N–H and O–H groups in total. The average molecular weight is 310 g/mol. The number of amides is 1. The van der Waals surface area contributed by atoms with Gasteiger partial charge in [-0.15, -0.1) is 11.3 Å². The molecular weight excluding hydrogens is 294 g/mol. The number of carbonyl (C=O) groups excluding carboxylic acids is 1. The van der Waals surface area contributed by atoms with Gasteiger partial charge in [0.25, 0.3) is 5.91 Å². The van der Waals surface area contributed by atoms with Crippen molar-refractivity contribution in [2.75, 3.05) is 13.1 Å². The number of aromatic amines is 1. The van der Waals surface area contributed by atoms with Gasteiger partial charge in [0.2, 0.25) is 0 Å². The number of carbonyl (C=O) groups is 1. The van der Waals surface area contributed by atoms with Crippen molar-refractivity contribution in [2.24, 2.45) is 0 Å². The first-order valence-electron chi connectivity index (χ1n) is 6.68. The molecule has 20 heavy (non-hydrogen) atoms. The number of aryl methyl sites for hydroxylation is 1. The number of nitrogens with zero attached hydrogens (tertiary/aromatic N) is 2. The molecule has 3 rings (SSSR count). The molecule has 1 aliphatic heterocycles. The molecule has 0 bridgehead atoms. The Morgan fingerprint density at radius 3 is 3.10 bits per heavy atom. The number of hydrogen-bond acceptors (Lipinski definition) is 3. The zero-order chi connectivity index (χ0) is 14.1. The summed E-state index contributed by atoms with van der Waals surface area (Å²) in [6, 6.07) is 1.68. The zero-order valence-corrected chi connectivity index (χ0v) is 12.8. The van der Waals surface area contributed by atoms with Crippen LogP contribution in [0, 0.1) is 6.92 Å². The van der Waals surface area contributed by atoms with Crippen molar-refractivity contribution in [1.29, 1.82) is 0 Å². The van der Waals surface area contributed by atoms with E-state index in [1.54, 1.807) is 23.6 Å². The fraction of sp³-hybridized carbons (Fsp3) is 0.429. The van der Waals surface area contributed by atoms with Crippen LogP contribution in [0.15, 0.2) is 17.6 Å². The highest BCUT2D eigenvalue weighted by Gasteiger charge is 2.27. The minimum Gasteiger partial charge on any atom is -0.356 e. The summed E-state index contributed by atoms with van der Waals surface area (Å²) in [6.07, 6.45) is 3.76. The third kappa shape index (κ3) is 2.74. The SMILES string of the molecule is Cc1csc([C@H]2CCCN(C(=O)c3cc(Cl)c[nH]3)C2)n1. The topological polar surface area (TPSA) is 49.0 Å². The van der Waals surface area contributed by atoms with E-state index in [1.807, 2.05) is 11.8 Å². The molecule has 106 valence electrons. The number of thiazole rings is 1. The Balaban J connectivity index is 1.73. The van der Waals surface area contributed by atoms with Gasteiger partial charge in [-0.3, -0.25) is 4.79 Å². The molecule has 1 fully saturated rings. The quantitative estimate of drug-likeness (QED) is 0.923. The van der Waals surface area contributed by atoms with Crippen LogP contribution in [0.25, 0.3) is 0 Å². The molecule has 0 saturated carbocycles. The number of rotatable bonds is 2. The summed E-state index contributed by atoms with van der Waals surface area (Å²) >= 11 is 7.55. The van der Waals surface area contributed by atoms with Gasteiger partial charge in [-0.25, -0.2) is 4.98 Å². The van der Waals surface area contributed by atoms with Gasteiger partial charge < -0.3 is 9.88 Å². The maximum absolute atomic E-state index is 12.4. The second-order valence-corrected chi connectivity index (χ2v) is 6.48. The van der Waals surface area contributed by atoms with E-state index in [0.29, 0.717) is 16.6 Å². The molecule has 6 heteroatoms. The van der Waals surface area contributed by atoms with Gasteiger partial charge >= 0.3 is 0 Å². The average Bonchev–Trinajstić information content (AvgIpc) is 3.07. The van der Waals surface area contributed by atoms with Crippen LogP contribution in [0.1, 0.15) is 39.9 Å². The molecule has 0 aromatic carbocycles. The highest BCUT2D eigenvalue weighted by Crippen LogP contribution is 2.29. The number of aromatic nitrogens is 2. The molecule has 3 heterocycles. The lowest BCUT2D eigenvalue weighted by Gasteiger charge is -2.31. The van der Waals surface area contributed by atoms with Crippen LogP contribution in [0.4, 0.5) is 0 Å². The smallest absolute Gasteiger partial charge is 0.270 e. The standard InChI is InChI=1S/C14H16ClN3OS/c1-9-8-20-13(17-9)10-3-2-4-18(7-10)14(19)12-5-11(15)6-16-12/h5-6,8,10,16H,2-4,7H2,1H3/t10-/m0/s1. The molecule has 0 aliphatic carbocycles. The van der Waals surface area contributed by atoms with Crippen LogP contribution >= 0.6 is 22.9 Å². The fourth-order valence-electron chi connectivity index (χ4n) is 2.58. The van der Waals surface area contributed by atoms with E-state index in [9.17, 15) is 4.79 Å². The summed E-state index contributed by atoms with van der Waals surface area (Å²) in [5.74, 6) is 0.381. The lowest BCUT2D eigenvalue weighted by atomic mass is 9.98. The monoisotopic (exact) mass is 309 g/mol. The minimum atomic E-state index is 0.0230. The lowest BCUT2D eigenvalue weighted by molar-refractivity contribution is 0.0702. The number of nitrogens with one attached hydrogen (secondary N) is 1. The van der Waals surface area contributed by atoms with Gasteiger partial charge in [0.05, 0.1) is 10.0 Å². The largest absolute Gasteiger partial charge is 0.356 e. The van der Waals surface area contributed by atoms with Gasteiger partial charge in [0, 0.05) is 36.3 Å². The first kappa shape index (κ1) is 13.6. The first-order chi connectivity index (χ1) is 9.63. The zero-order valence-electron chi connectivity index (χ0n) is 11.2. The molecular formula is C14H16ClN3OS. The van der Waals surface area contributed by atoms with E-state index >= 15 is 0 Å². The van der Waals surface area contributed by atoms with Crippen molar-refractivity contribution in [3.63, 3.8) is 0 Å². The van der Waals surface area contributed by atoms with Crippen molar-refractivity contribution in [3.05, 3.63) is 39.1 Å². The highest BCUT2D eigenvalue weighted by molar-refractivity contribution is 7.09. The number of hydrogen-bond donors (Lipinski definition) is 1. The Morgan fingerprint density at radius 1 is 1.60 bits per heavy atom. The predicted octanol–water partition coefficient (Wildman–Crippen LogP) is 3.45. The molecule has 0 radical (unpaired) electrons. The Bertz CT molecular complexity index is 621. The minimum absolute atomic E-state index is 0.0230. The third-order valence-corrected chi connectivity index (χ3v) is 4.92. The summed E-state index contributed by atoms with van der Waals surface area (Å²) in [4.78, 5) is 21.8. The van der Waals surface area contributed by atoms with Crippen LogP contribution in [0.2, 0.25) is 5.02 Å². The van der Waals surface area contributed by atoms with Crippen LogP contribution < -0.4 is 0 Å². The second kappa shape index (κ2) is 5.58. The molecule has 1 atom stereocenters. The third-order valence-electron chi connectivity index (χ3n) is 3.57. The van der Waals surface area contributed by atoms with E-state index in [-0.39, 0.29) is 5.91 Å². The van der Waals surface area contributed by atoms with Gasteiger partial charge in [-0.05, 0) is 25.8 Å². The van der Waals surface area contributed by atoms with E-state index < -0.39 is 0 Å². The highest BCUT2D eigenvalue weighted by atomic mass is 35.5. The van der Waals surface area contributed by atoms with Gasteiger partial charge in [0.15, 0.2) is 0 Å². The van der Waals surface area contributed by atoms with E-state index in [2.05, 4.69) is 15.3 Å². The molecule has 1 saturated heterocycles. The predicted molar refractivity (Wildman–Crippen MR) is 80.5 cm³/mol. The molecule has 1 amide bonds. The van der Waals surface area contributed by atoms with Crippen LogP contribution in [0.3, 0.4) is 0 Å². The molecule has 4 nitrogen and oxygen atoms in total. The van der Waals surface area contributed by atoms with Gasteiger partial charge in [-0.1, -0.05) is 11.6 Å². The van der Waals surface area contributed by atoms with Crippen molar-refractivity contribution in [1.82, 2.24) is 14.9 Å². The second-order valence-electron chi connectivity index (χ2n) is 5.15. The van der Waals surface area contributed by atoms with Crippen molar-refractivity contribution in [3.8, 4) is 0 Å². The van der Waals surface area contributed by atoms with Crippen molar-refractivity contribution >= 4 is 28.8 Å². The molecule has 0 unspecified atom stereocenters. The van der Waals surface area contributed by atoms with Gasteiger partial charge in [-0.2, -0.15) is 0 Å². The number of piperidine rings is 1. The van der Waals surface area contributed by atoms with Crippen LogP contribution in [-0.2, 0) is 0 Å². The molecule has 0 spiro atoms. The molecule has 2 aromatic heterocycles. The van der Waals surface area contributed by atoms with Crippen molar-refractivity contribution < 1.29 is 4.79 Å². The maximum atomic E-state index is 12.4. The summed E-state index contributed by atoms with van der Waals surface area (Å²) in [7, 11) is 0. The normalized spacial score (nSPS) is 19.3. The van der Waals surface area contributed by atoms with E-state index in [0.717, 1.165) is 36.6 Å². The van der Waals surface area contributed by atoms with Crippen LogP contribution in [0.5, 0.6) is 0 Å². The summed E-state index contributed by atoms with van der Waals surface area (Å²) in [5, 5.41) is 3.78. The summed E-state index contributed by atoms with van der Waals surface area (Å²) in [6.45, 7) is 3.55. The number of likely N-dealkylation sites (tertiary alicyclic amines) is 1. The number of H-pyrrole nitrogens is 1. The molecule has 1 aliphatic rings. The molecule has 2 aromatic rings. The van der Waals surface area contributed by atoms with Gasteiger partial charge in [0.1, 0.15) is 5.69 Å². The van der Waals surface area contributed by atoms with Crippen molar-refractivity contribution in [2.45, 2.75) is 25.7 Å². The number of halogens is 1. The Hall–Kier alpha value is -1.33. The van der Waals surface area contributed by atoms with Crippen LogP contribution in [-0.4, -0.2) is 33.9 Å². The van der Waals surface area contributed by atoms with E-state index in [4.69, 9.17) is 11.6 Å². The fourth-order valence-corrected chi connectivity index (χ4v) is 3.67. The Kier molecular flexibility index (Phi) is 3.81. The first-order valence-corrected chi connectivity index (χ1v) is 7.94.